The van der Waals surface area contributed by atoms with Crippen molar-refractivity contribution in [3.63, 3.8) is 0 Å². The minimum absolute atomic E-state index is 0.0233. The number of ether oxygens (including phenoxy) is 3. The number of hydrogen-bond donors (Lipinski definition) is 0. The normalized spacial score (nSPS) is 18.8. The van der Waals surface area contributed by atoms with E-state index in [0.29, 0.717) is 35.9 Å². The minimum Gasteiger partial charge on any atom is -0.493 e. The molecule has 6 rings (SSSR count). The number of likely N-dealkylation sites (tertiary alicyclic amines) is 1. The van der Waals surface area contributed by atoms with Gasteiger partial charge < -0.3 is 33.5 Å². The molecule has 3 aromatic carbocycles. The standard InChI is InChI=1S/C37H45N5O4/c1-5-18-42-31-15-10-9-14-30(31)38-36(42)40-20-11-19-39(23-24-40)21-16-37(29-12-7-6-8-13-29)17-22-41(27-37)35(43)28-25-32(44-2)34(46-4)33(26-28)45-3/h5-10,12-15,25-26H,1,11,16-24,27H2,2-4H3. The van der Waals surface area contributed by atoms with Gasteiger partial charge in [-0.1, -0.05) is 48.5 Å². The molecule has 0 aliphatic carbocycles. The molecular weight excluding hydrogens is 578 g/mol. The third-order valence-corrected chi connectivity index (χ3v) is 9.66. The Morgan fingerprint density at radius 2 is 1.65 bits per heavy atom. The van der Waals surface area contributed by atoms with E-state index in [9.17, 15) is 4.79 Å². The van der Waals surface area contributed by atoms with Crippen LogP contribution in [0.25, 0.3) is 11.0 Å². The third kappa shape index (κ3) is 6.16. The summed E-state index contributed by atoms with van der Waals surface area (Å²) in [6.45, 7) is 11.0. The van der Waals surface area contributed by atoms with Gasteiger partial charge in [0.2, 0.25) is 11.7 Å². The highest BCUT2D eigenvalue weighted by Gasteiger charge is 2.42. The molecule has 2 saturated heterocycles. The maximum atomic E-state index is 13.9. The van der Waals surface area contributed by atoms with E-state index in [0.717, 1.165) is 75.5 Å². The van der Waals surface area contributed by atoms with Gasteiger partial charge in [-0.2, -0.15) is 0 Å². The van der Waals surface area contributed by atoms with Gasteiger partial charge in [-0.25, -0.2) is 4.98 Å². The van der Waals surface area contributed by atoms with E-state index in [-0.39, 0.29) is 11.3 Å². The van der Waals surface area contributed by atoms with Gasteiger partial charge in [-0.3, -0.25) is 4.79 Å². The number of para-hydroxylation sites is 2. The van der Waals surface area contributed by atoms with Gasteiger partial charge in [0, 0.05) is 50.2 Å². The van der Waals surface area contributed by atoms with Crippen LogP contribution >= 0.6 is 0 Å². The first-order chi connectivity index (χ1) is 22.5. The molecule has 0 bridgehead atoms. The molecule has 2 aliphatic heterocycles. The van der Waals surface area contributed by atoms with Gasteiger partial charge in [0.25, 0.3) is 5.91 Å². The Bertz CT molecular complexity index is 1650. The van der Waals surface area contributed by atoms with E-state index >= 15 is 0 Å². The molecule has 1 unspecified atom stereocenters. The second kappa shape index (κ2) is 13.9. The zero-order valence-corrected chi connectivity index (χ0v) is 27.3. The van der Waals surface area contributed by atoms with E-state index in [2.05, 4.69) is 69.5 Å². The molecule has 1 amide bonds. The van der Waals surface area contributed by atoms with Crippen molar-refractivity contribution in [3.05, 3.63) is 90.5 Å². The molecule has 0 spiro atoms. The van der Waals surface area contributed by atoms with Crippen LogP contribution < -0.4 is 19.1 Å². The van der Waals surface area contributed by atoms with Crippen molar-refractivity contribution in [1.29, 1.82) is 0 Å². The largest absolute Gasteiger partial charge is 0.493 e. The average Bonchev–Trinajstić information content (AvgIpc) is 3.62. The number of imidazole rings is 1. The smallest absolute Gasteiger partial charge is 0.254 e. The van der Waals surface area contributed by atoms with Crippen LogP contribution in [0.3, 0.4) is 0 Å². The minimum atomic E-state index is -0.124. The highest BCUT2D eigenvalue weighted by Crippen LogP contribution is 2.41. The van der Waals surface area contributed by atoms with Gasteiger partial charge in [-0.05, 0) is 62.2 Å². The molecule has 242 valence electrons. The topological polar surface area (TPSA) is 72.3 Å². The van der Waals surface area contributed by atoms with Crippen molar-refractivity contribution in [2.45, 2.75) is 31.2 Å². The summed E-state index contributed by atoms with van der Waals surface area (Å²) in [5, 5.41) is 0. The lowest BCUT2D eigenvalue weighted by Gasteiger charge is -2.33. The van der Waals surface area contributed by atoms with E-state index < -0.39 is 0 Å². The summed E-state index contributed by atoms with van der Waals surface area (Å²) in [6, 6.07) is 22.6. The summed E-state index contributed by atoms with van der Waals surface area (Å²) < 4.78 is 18.8. The number of fused-ring (bicyclic) bond motifs is 1. The van der Waals surface area contributed by atoms with Gasteiger partial charge in [0.1, 0.15) is 0 Å². The summed E-state index contributed by atoms with van der Waals surface area (Å²) in [4.78, 5) is 25.9. The first kappa shape index (κ1) is 31.5. The van der Waals surface area contributed by atoms with E-state index in [4.69, 9.17) is 19.2 Å². The van der Waals surface area contributed by atoms with Crippen molar-refractivity contribution in [3.8, 4) is 17.2 Å². The fourth-order valence-corrected chi connectivity index (χ4v) is 7.19. The summed E-state index contributed by atoms with van der Waals surface area (Å²) in [5.41, 5.74) is 3.88. The number of anilines is 1. The number of allylic oxidation sites excluding steroid dienone is 1. The number of hydrogen-bond acceptors (Lipinski definition) is 7. The van der Waals surface area contributed by atoms with Crippen molar-refractivity contribution < 1.29 is 19.0 Å². The van der Waals surface area contributed by atoms with E-state index in [1.54, 1.807) is 33.5 Å². The number of carbonyl (C=O) groups excluding carboxylic acids is 1. The fourth-order valence-electron chi connectivity index (χ4n) is 7.19. The molecule has 2 aliphatic rings. The molecule has 0 saturated carbocycles. The number of carbonyl (C=O) groups is 1. The summed E-state index contributed by atoms with van der Waals surface area (Å²) in [5.74, 6) is 2.45. The molecule has 46 heavy (non-hydrogen) atoms. The monoisotopic (exact) mass is 623 g/mol. The number of methoxy groups -OCH3 is 3. The lowest BCUT2D eigenvalue weighted by Crippen LogP contribution is -2.39. The Kier molecular flexibility index (Phi) is 9.49. The van der Waals surface area contributed by atoms with Crippen LogP contribution in [0.5, 0.6) is 17.2 Å². The number of benzene rings is 3. The van der Waals surface area contributed by atoms with Crippen molar-refractivity contribution >= 4 is 22.9 Å². The predicted octanol–water partition coefficient (Wildman–Crippen LogP) is 5.63. The first-order valence-electron chi connectivity index (χ1n) is 16.2. The van der Waals surface area contributed by atoms with Crippen molar-refractivity contribution in [1.82, 2.24) is 19.4 Å². The number of amides is 1. The second-order valence-electron chi connectivity index (χ2n) is 12.3. The van der Waals surface area contributed by atoms with Gasteiger partial charge in [0.05, 0.1) is 32.4 Å². The molecule has 1 aromatic heterocycles. The van der Waals surface area contributed by atoms with Gasteiger partial charge in [0.15, 0.2) is 11.5 Å². The quantitative estimate of drug-likeness (QED) is 0.201. The Hall–Kier alpha value is -4.50. The zero-order chi connectivity index (χ0) is 32.1. The maximum Gasteiger partial charge on any atom is 0.254 e. The van der Waals surface area contributed by atoms with Crippen LogP contribution in [0, 0.1) is 0 Å². The fraction of sp³-hybridized carbons (Fsp3) is 0.405. The molecule has 2 fully saturated rings. The lowest BCUT2D eigenvalue weighted by atomic mass is 9.76. The predicted molar refractivity (Wildman–Crippen MR) is 183 cm³/mol. The van der Waals surface area contributed by atoms with Gasteiger partial charge >= 0.3 is 0 Å². The van der Waals surface area contributed by atoms with E-state index in [1.165, 1.54) is 5.56 Å². The van der Waals surface area contributed by atoms with Crippen LogP contribution in [0.2, 0.25) is 0 Å². The lowest BCUT2D eigenvalue weighted by molar-refractivity contribution is 0.0780. The number of rotatable bonds is 11. The SMILES string of the molecule is C=CCn1c(N2CCCN(CCC3(c4ccccc4)CCN(C(=O)c4cc(OC)c(OC)c(OC)c4)C3)CC2)nc2ccccc21. The zero-order valence-electron chi connectivity index (χ0n) is 27.3. The average molecular weight is 624 g/mol. The van der Waals surface area contributed by atoms with Crippen LogP contribution in [0.4, 0.5) is 5.95 Å². The maximum absolute atomic E-state index is 13.9. The summed E-state index contributed by atoms with van der Waals surface area (Å²) >= 11 is 0. The van der Waals surface area contributed by atoms with Crippen LogP contribution in [-0.4, -0.2) is 92.4 Å². The van der Waals surface area contributed by atoms with Crippen molar-refractivity contribution in [2.75, 3.05) is 72.0 Å². The molecule has 3 heterocycles. The molecule has 0 radical (unpaired) electrons. The van der Waals surface area contributed by atoms with Crippen LogP contribution in [0.15, 0.2) is 79.4 Å². The molecule has 0 N–H and O–H groups in total. The first-order valence-corrected chi connectivity index (χ1v) is 16.2. The van der Waals surface area contributed by atoms with Crippen LogP contribution in [0.1, 0.15) is 35.2 Å². The Balaban J connectivity index is 1.17. The Morgan fingerprint density at radius 3 is 2.37 bits per heavy atom. The van der Waals surface area contributed by atoms with Crippen LogP contribution in [-0.2, 0) is 12.0 Å². The molecule has 9 nitrogen and oxygen atoms in total. The second-order valence-corrected chi connectivity index (χ2v) is 12.3. The third-order valence-electron chi connectivity index (χ3n) is 9.66. The summed E-state index contributed by atoms with van der Waals surface area (Å²) in [6.07, 6.45) is 4.91. The van der Waals surface area contributed by atoms with Gasteiger partial charge in [-0.15, -0.1) is 6.58 Å². The highest BCUT2D eigenvalue weighted by atomic mass is 16.5. The highest BCUT2D eigenvalue weighted by molar-refractivity contribution is 5.96. The molecule has 9 heteroatoms. The summed E-state index contributed by atoms with van der Waals surface area (Å²) in [7, 11) is 4.71. The number of aromatic nitrogens is 2. The Morgan fingerprint density at radius 1 is 0.913 bits per heavy atom. The van der Waals surface area contributed by atoms with E-state index in [1.807, 2.05) is 17.0 Å². The molecular formula is C37H45N5O4. The Labute approximate surface area is 272 Å². The molecule has 1 atom stereocenters. The molecule has 4 aromatic rings. The van der Waals surface area contributed by atoms with Crippen molar-refractivity contribution in [2.24, 2.45) is 0 Å². The number of nitrogens with zero attached hydrogens (tertiary/aromatic N) is 5.